The van der Waals surface area contributed by atoms with Crippen LogP contribution in [0.2, 0.25) is 0 Å². The summed E-state index contributed by atoms with van der Waals surface area (Å²) in [5.74, 6) is 0.353. The number of aromatic hydroxyl groups is 1. The van der Waals surface area contributed by atoms with Crippen molar-refractivity contribution in [1.82, 2.24) is 0 Å². The number of hydrogen-bond acceptors (Lipinski definition) is 2. The van der Waals surface area contributed by atoms with Crippen molar-refractivity contribution in [3.8, 4) is 5.75 Å². The first-order valence-electron chi connectivity index (χ1n) is 10.9. The van der Waals surface area contributed by atoms with Crippen molar-refractivity contribution in [3.63, 3.8) is 0 Å². The van der Waals surface area contributed by atoms with Crippen molar-refractivity contribution in [1.29, 1.82) is 0 Å². The molecule has 0 unspecified atom stereocenters. The van der Waals surface area contributed by atoms with E-state index in [0.29, 0.717) is 5.75 Å². The molecule has 148 valence electrons. The van der Waals surface area contributed by atoms with Gasteiger partial charge in [-0.15, -0.1) is 0 Å². The van der Waals surface area contributed by atoms with Crippen LogP contribution in [0.4, 0.5) is 11.4 Å². The normalized spacial score (nSPS) is 10.9. The predicted molar refractivity (Wildman–Crippen MR) is 118 cm³/mol. The third kappa shape index (κ3) is 8.99. The van der Waals surface area contributed by atoms with Gasteiger partial charge >= 0.3 is 0 Å². The Hall–Kier alpha value is -1.96. The summed E-state index contributed by atoms with van der Waals surface area (Å²) in [5, 5.41) is 13.3. The van der Waals surface area contributed by atoms with E-state index in [1.807, 2.05) is 30.3 Å². The smallest absolute Gasteiger partial charge is 0.116 e. The molecular weight excluding hydrogens is 330 g/mol. The Morgan fingerprint density at radius 1 is 0.704 bits per heavy atom. The molecule has 0 aliphatic rings. The van der Waals surface area contributed by atoms with Crippen LogP contribution in [0.15, 0.2) is 48.5 Å². The first kappa shape index (κ1) is 21.3. The van der Waals surface area contributed by atoms with Gasteiger partial charge in [-0.1, -0.05) is 89.3 Å². The minimum absolute atomic E-state index is 0.353. The van der Waals surface area contributed by atoms with Gasteiger partial charge in [-0.3, -0.25) is 0 Å². The fourth-order valence-electron chi connectivity index (χ4n) is 3.57. The molecule has 2 nitrogen and oxygen atoms in total. The highest BCUT2D eigenvalue weighted by molar-refractivity contribution is 5.64. The minimum Gasteiger partial charge on any atom is -0.508 e. The highest BCUT2D eigenvalue weighted by atomic mass is 16.3. The van der Waals surface area contributed by atoms with E-state index in [1.54, 1.807) is 6.07 Å². The number of phenolic OH excluding ortho intramolecular Hbond substituents is 1. The number of aryl methyl sites for hydroxylation is 1. The fraction of sp³-hybridized carbons (Fsp3) is 0.520. The van der Waals surface area contributed by atoms with E-state index in [4.69, 9.17) is 0 Å². The Labute approximate surface area is 166 Å². The predicted octanol–water partition coefficient (Wildman–Crippen LogP) is 7.99. The summed E-state index contributed by atoms with van der Waals surface area (Å²) in [4.78, 5) is 0. The topological polar surface area (TPSA) is 32.3 Å². The standard InChI is InChI=1S/C25H37NO/c1-2-3-4-5-6-7-8-9-10-11-13-16-22-21-24(27)19-20-25(22)26-23-17-14-12-15-18-23/h12,14-15,17-21,26-27H,2-11,13,16H2,1H3. The van der Waals surface area contributed by atoms with Gasteiger partial charge in [0.1, 0.15) is 5.75 Å². The Balaban J connectivity index is 1.64. The molecule has 0 heterocycles. The number of phenols is 1. The number of rotatable bonds is 14. The highest BCUT2D eigenvalue weighted by Crippen LogP contribution is 2.26. The molecule has 2 aromatic rings. The van der Waals surface area contributed by atoms with E-state index < -0.39 is 0 Å². The van der Waals surface area contributed by atoms with E-state index in [0.717, 1.165) is 17.8 Å². The second-order valence-corrected chi connectivity index (χ2v) is 7.62. The molecule has 0 aromatic heterocycles. The Morgan fingerprint density at radius 3 is 1.93 bits per heavy atom. The van der Waals surface area contributed by atoms with E-state index in [1.165, 1.54) is 76.2 Å². The Kier molecular flexibility index (Phi) is 10.5. The number of benzene rings is 2. The molecule has 2 heteroatoms. The molecule has 0 spiro atoms. The van der Waals surface area contributed by atoms with Gasteiger partial charge in [-0.2, -0.15) is 0 Å². The zero-order chi connectivity index (χ0) is 19.2. The van der Waals surface area contributed by atoms with Crippen LogP contribution in [0, 0.1) is 0 Å². The molecular formula is C25H37NO. The van der Waals surface area contributed by atoms with Gasteiger partial charge in [0.2, 0.25) is 0 Å². The summed E-state index contributed by atoms with van der Waals surface area (Å²) in [6.45, 7) is 2.28. The van der Waals surface area contributed by atoms with Gasteiger partial charge in [0.05, 0.1) is 0 Å². The van der Waals surface area contributed by atoms with Gasteiger partial charge in [-0.05, 0) is 48.7 Å². The lowest BCUT2D eigenvalue weighted by Crippen LogP contribution is -1.96. The van der Waals surface area contributed by atoms with Crippen molar-refractivity contribution in [2.24, 2.45) is 0 Å². The molecule has 0 saturated carbocycles. The van der Waals surface area contributed by atoms with Crippen molar-refractivity contribution < 1.29 is 5.11 Å². The first-order chi connectivity index (χ1) is 13.3. The largest absolute Gasteiger partial charge is 0.508 e. The number of unbranched alkanes of at least 4 members (excludes halogenated alkanes) is 10. The maximum Gasteiger partial charge on any atom is 0.116 e. The summed E-state index contributed by atoms with van der Waals surface area (Å²) < 4.78 is 0. The van der Waals surface area contributed by atoms with E-state index in [-0.39, 0.29) is 0 Å². The summed E-state index contributed by atoms with van der Waals surface area (Å²) in [6, 6.07) is 15.9. The summed E-state index contributed by atoms with van der Waals surface area (Å²) >= 11 is 0. The fourth-order valence-corrected chi connectivity index (χ4v) is 3.57. The molecule has 0 saturated heterocycles. The maximum atomic E-state index is 9.85. The molecule has 0 fully saturated rings. The Bertz CT molecular complexity index is 623. The molecule has 0 amide bonds. The van der Waals surface area contributed by atoms with Crippen molar-refractivity contribution in [2.75, 3.05) is 5.32 Å². The highest BCUT2D eigenvalue weighted by Gasteiger charge is 2.05. The van der Waals surface area contributed by atoms with Gasteiger partial charge in [-0.25, -0.2) is 0 Å². The van der Waals surface area contributed by atoms with Crippen LogP contribution >= 0.6 is 0 Å². The zero-order valence-corrected chi connectivity index (χ0v) is 17.1. The van der Waals surface area contributed by atoms with Gasteiger partial charge in [0, 0.05) is 11.4 Å². The maximum absolute atomic E-state index is 9.85. The lowest BCUT2D eigenvalue weighted by atomic mass is 10.0. The van der Waals surface area contributed by atoms with Crippen molar-refractivity contribution >= 4 is 11.4 Å². The number of nitrogens with one attached hydrogen (secondary N) is 1. The monoisotopic (exact) mass is 367 g/mol. The van der Waals surface area contributed by atoms with E-state index >= 15 is 0 Å². The van der Waals surface area contributed by atoms with Crippen LogP contribution < -0.4 is 5.32 Å². The summed E-state index contributed by atoms with van der Waals surface area (Å²) in [7, 11) is 0. The molecule has 0 aliphatic carbocycles. The van der Waals surface area contributed by atoms with Crippen LogP contribution in [-0.4, -0.2) is 5.11 Å². The molecule has 27 heavy (non-hydrogen) atoms. The molecule has 0 aliphatic heterocycles. The van der Waals surface area contributed by atoms with Crippen LogP contribution in [0.25, 0.3) is 0 Å². The molecule has 0 atom stereocenters. The second-order valence-electron chi connectivity index (χ2n) is 7.62. The van der Waals surface area contributed by atoms with Gasteiger partial charge in [0.15, 0.2) is 0 Å². The molecule has 2 aromatic carbocycles. The van der Waals surface area contributed by atoms with Gasteiger partial charge < -0.3 is 10.4 Å². The number of para-hydroxylation sites is 1. The first-order valence-corrected chi connectivity index (χ1v) is 10.9. The average Bonchev–Trinajstić information content (AvgIpc) is 2.69. The zero-order valence-electron chi connectivity index (χ0n) is 17.1. The SMILES string of the molecule is CCCCCCCCCCCCCc1cc(O)ccc1Nc1ccccc1. The van der Waals surface area contributed by atoms with Crippen LogP contribution in [0.1, 0.15) is 83.1 Å². The summed E-state index contributed by atoms with van der Waals surface area (Å²) in [6.07, 6.45) is 15.9. The lowest BCUT2D eigenvalue weighted by Gasteiger charge is -2.13. The van der Waals surface area contributed by atoms with Gasteiger partial charge in [0.25, 0.3) is 0 Å². The second kappa shape index (κ2) is 13.2. The van der Waals surface area contributed by atoms with E-state index in [9.17, 15) is 5.11 Å². The average molecular weight is 368 g/mol. The quantitative estimate of drug-likeness (QED) is 0.262. The van der Waals surface area contributed by atoms with Crippen molar-refractivity contribution in [3.05, 3.63) is 54.1 Å². The third-order valence-electron chi connectivity index (χ3n) is 5.19. The van der Waals surface area contributed by atoms with E-state index in [2.05, 4.69) is 24.4 Å². The molecule has 2 N–H and O–H groups in total. The van der Waals surface area contributed by atoms with Crippen LogP contribution in [-0.2, 0) is 6.42 Å². The van der Waals surface area contributed by atoms with Crippen LogP contribution in [0.3, 0.4) is 0 Å². The lowest BCUT2D eigenvalue weighted by molar-refractivity contribution is 0.474. The number of anilines is 2. The molecule has 0 radical (unpaired) electrons. The van der Waals surface area contributed by atoms with Crippen molar-refractivity contribution in [2.45, 2.75) is 84.0 Å². The third-order valence-corrected chi connectivity index (χ3v) is 5.19. The minimum atomic E-state index is 0.353. The van der Waals surface area contributed by atoms with Crippen LogP contribution in [0.5, 0.6) is 5.75 Å². The number of hydrogen-bond donors (Lipinski definition) is 2. The Morgan fingerprint density at radius 2 is 1.30 bits per heavy atom. The summed E-state index contributed by atoms with van der Waals surface area (Å²) in [5.41, 5.74) is 3.39. The molecule has 2 rings (SSSR count). The molecule has 0 bridgehead atoms.